The molecule has 0 spiro atoms. The number of carbonyl (C=O) groups is 1. The summed E-state index contributed by atoms with van der Waals surface area (Å²) in [6.07, 6.45) is 6.19. The number of carbonyl (C=O) groups excluding carboxylic acids is 1. The summed E-state index contributed by atoms with van der Waals surface area (Å²) in [7, 11) is 1.86. The number of benzene rings is 1. The number of amides is 1. The Balaban J connectivity index is 1.63. The van der Waals surface area contributed by atoms with Crippen molar-refractivity contribution < 1.29 is 4.79 Å². The summed E-state index contributed by atoms with van der Waals surface area (Å²) >= 11 is 0. The molecular weight excluding hydrogens is 350 g/mol. The van der Waals surface area contributed by atoms with Gasteiger partial charge in [0.05, 0.1) is 11.1 Å². The fourth-order valence-electron chi connectivity index (χ4n) is 3.29. The van der Waals surface area contributed by atoms with Gasteiger partial charge in [0, 0.05) is 48.8 Å². The van der Waals surface area contributed by atoms with Crippen LogP contribution in [-0.4, -0.2) is 25.7 Å². The van der Waals surface area contributed by atoms with Crippen molar-refractivity contribution >= 4 is 16.8 Å². The molecular formula is C22H21N5O. The molecule has 0 radical (unpaired) electrons. The molecule has 0 atom stereocenters. The molecule has 0 bridgehead atoms. The number of hydrogen-bond acceptors (Lipinski definition) is 4. The molecule has 1 aromatic carbocycles. The Kier molecular flexibility index (Phi) is 4.85. The summed E-state index contributed by atoms with van der Waals surface area (Å²) in [4.78, 5) is 21.3. The van der Waals surface area contributed by atoms with Crippen LogP contribution in [0.4, 0.5) is 0 Å². The number of hydrogen-bond donors (Lipinski definition) is 1. The average molecular weight is 371 g/mol. The second-order valence-electron chi connectivity index (χ2n) is 6.60. The van der Waals surface area contributed by atoms with Crippen molar-refractivity contribution in [2.24, 2.45) is 7.05 Å². The Hall–Kier alpha value is -3.54. The zero-order chi connectivity index (χ0) is 19.5. The maximum atomic E-state index is 12.9. The van der Waals surface area contributed by atoms with E-state index >= 15 is 0 Å². The first-order valence-corrected chi connectivity index (χ1v) is 9.25. The first kappa shape index (κ1) is 17.9. The molecule has 0 fully saturated rings. The maximum absolute atomic E-state index is 12.9. The highest BCUT2D eigenvalue weighted by molar-refractivity contribution is 6.08. The number of rotatable bonds is 5. The molecule has 3 aromatic heterocycles. The van der Waals surface area contributed by atoms with Crippen molar-refractivity contribution in [1.82, 2.24) is 25.1 Å². The quantitative estimate of drug-likeness (QED) is 0.583. The SMILES string of the molecule is CCc1ccc(CNC(=O)c2cccc3c(-c4ccncc4)nn(C)c23)cn1. The van der Waals surface area contributed by atoms with Crippen LogP contribution in [0.25, 0.3) is 22.2 Å². The zero-order valence-electron chi connectivity index (χ0n) is 15.9. The Morgan fingerprint density at radius 2 is 1.93 bits per heavy atom. The minimum absolute atomic E-state index is 0.130. The van der Waals surface area contributed by atoms with Crippen LogP contribution in [0.2, 0.25) is 0 Å². The van der Waals surface area contributed by atoms with Gasteiger partial charge in [0.15, 0.2) is 0 Å². The molecule has 28 heavy (non-hydrogen) atoms. The van der Waals surface area contributed by atoms with E-state index < -0.39 is 0 Å². The topological polar surface area (TPSA) is 72.7 Å². The zero-order valence-corrected chi connectivity index (χ0v) is 15.9. The summed E-state index contributed by atoms with van der Waals surface area (Å²) in [6, 6.07) is 13.5. The van der Waals surface area contributed by atoms with Crippen LogP contribution < -0.4 is 5.32 Å². The summed E-state index contributed by atoms with van der Waals surface area (Å²) in [5.74, 6) is -0.130. The predicted molar refractivity (Wildman–Crippen MR) is 109 cm³/mol. The van der Waals surface area contributed by atoms with Gasteiger partial charge in [-0.15, -0.1) is 0 Å². The van der Waals surface area contributed by atoms with E-state index in [0.717, 1.165) is 39.8 Å². The third-order valence-corrected chi connectivity index (χ3v) is 4.76. The molecule has 0 aliphatic carbocycles. The number of aromatic nitrogens is 4. The summed E-state index contributed by atoms with van der Waals surface area (Å²) < 4.78 is 1.76. The van der Waals surface area contributed by atoms with E-state index in [0.29, 0.717) is 12.1 Å². The van der Waals surface area contributed by atoms with Crippen LogP contribution in [0.5, 0.6) is 0 Å². The number of nitrogens with one attached hydrogen (secondary N) is 1. The second kappa shape index (κ2) is 7.60. The molecule has 6 nitrogen and oxygen atoms in total. The summed E-state index contributed by atoms with van der Waals surface area (Å²) in [5.41, 5.74) is 5.24. The molecule has 1 N–H and O–H groups in total. The lowest BCUT2D eigenvalue weighted by Crippen LogP contribution is -2.23. The van der Waals surface area contributed by atoms with Crippen LogP contribution in [-0.2, 0) is 20.0 Å². The fraction of sp³-hybridized carbons (Fsp3) is 0.182. The Bertz CT molecular complexity index is 1120. The van der Waals surface area contributed by atoms with Gasteiger partial charge >= 0.3 is 0 Å². The summed E-state index contributed by atoms with van der Waals surface area (Å²) in [5, 5.41) is 8.57. The van der Waals surface area contributed by atoms with Crippen LogP contribution >= 0.6 is 0 Å². The molecule has 4 aromatic rings. The van der Waals surface area contributed by atoms with Crippen molar-refractivity contribution in [3.63, 3.8) is 0 Å². The van der Waals surface area contributed by atoms with E-state index in [4.69, 9.17) is 0 Å². The van der Waals surface area contributed by atoms with E-state index in [2.05, 4.69) is 27.3 Å². The lowest BCUT2D eigenvalue weighted by molar-refractivity contribution is 0.0952. The minimum Gasteiger partial charge on any atom is -0.348 e. The van der Waals surface area contributed by atoms with Gasteiger partial charge in [-0.1, -0.05) is 25.1 Å². The van der Waals surface area contributed by atoms with E-state index in [9.17, 15) is 4.79 Å². The van der Waals surface area contributed by atoms with E-state index in [-0.39, 0.29) is 5.91 Å². The van der Waals surface area contributed by atoms with Crippen LogP contribution in [0.3, 0.4) is 0 Å². The highest BCUT2D eigenvalue weighted by Crippen LogP contribution is 2.29. The Morgan fingerprint density at radius 3 is 2.64 bits per heavy atom. The van der Waals surface area contributed by atoms with Gasteiger partial charge < -0.3 is 5.32 Å². The Morgan fingerprint density at radius 1 is 1.11 bits per heavy atom. The number of aryl methyl sites for hydroxylation is 2. The monoisotopic (exact) mass is 371 g/mol. The van der Waals surface area contributed by atoms with Gasteiger partial charge in [-0.3, -0.25) is 19.4 Å². The standard InChI is InChI=1S/C22H21N5O/c1-3-17-8-7-15(13-24-17)14-25-22(28)19-6-4-5-18-20(26-27(2)21(18)19)16-9-11-23-12-10-16/h4-13H,3,14H2,1-2H3,(H,25,28). The smallest absolute Gasteiger partial charge is 0.253 e. The average Bonchev–Trinajstić information content (AvgIpc) is 3.10. The number of pyridine rings is 2. The third kappa shape index (κ3) is 3.36. The van der Waals surface area contributed by atoms with Gasteiger partial charge in [0.2, 0.25) is 0 Å². The molecule has 0 saturated carbocycles. The lowest BCUT2D eigenvalue weighted by Gasteiger charge is -2.08. The minimum atomic E-state index is -0.130. The normalized spacial score (nSPS) is 10.9. The maximum Gasteiger partial charge on any atom is 0.253 e. The van der Waals surface area contributed by atoms with Crippen molar-refractivity contribution in [2.45, 2.75) is 19.9 Å². The van der Waals surface area contributed by atoms with Crippen molar-refractivity contribution in [2.75, 3.05) is 0 Å². The van der Waals surface area contributed by atoms with E-state index in [1.165, 1.54) is 0 Å². The highest BCUT2D eigenvalue weighted by atomic mass is 16.1. The molecule has 4 rings (SSSR count). The first-order chi connectivity index (χ1) is 13.7. The summed E-state index contributed by atoms with van der Waals surface area (Å²) in [6.45, 7) is 2.50. The molecule has 0 saturated heterocycles. The van der Waals surface area contributed by atoms with Crippen LogP contribution in [0.15, 0.2) is 61.1 Å². The highest BCUT2D eigenvalue weighted by Gasteiger charge is 2.17. The number of nitrogens with zero attached hydrogens (tertiary/aromatic N) is 4. The van der Waals surface area contributed by atoms with Crippen molar-refractivity contribution in [3.8, 4) is 11.3 Å². The second-order valence-corrected chi connectivity index (χ2v) is 6.60. The van der Waals surface area contributed by atoms with Crippen molar-refractivity contribution in [3.05, 3.63) is 77.9 Å². The molecule has 140 valence electrons. The Labute approximate surface area is 163 Å². The van der Waals surface area contributed by atoms with Gasteiger partial charge in [-0.2, -0.15) is 5.10 Å². The van der Waals surface area contributed by atoms with Gasteiger partial charge in [0.1, 0.15) is 5.69 Å². The molecule has 0 aliphatic rings. The fourth-order valence-corrected chi connectivity index (χ4v) is 3.29. The van der Waals surface area contributed by atoms with Gasteiger partial charge in [-0.05, 0) is 36.2 Å². The number of fused-ring (bicyclic) bond motifs is 1. The lowest BCUT2D eigenvalue weighted by atomic mass is 10.1. The molecule has 0 unspecified atom stereocenters. The third-order valence-electron chi connectivity index (χ3n) is 4.76. The molecule has 6 heteroatoms. The van der Waals surface area contributed by atoms with Crippen molar-refractivity contribution in [1.29, 1.82) is 0 Å². The van der Waals surface area contributed by atoms with Gasteiger partial charge in [0.25, 0.3) is 5.91 Å². The molecule has 3 heterocycles. The molecule has 0 aliphatic heterocycles. The number of para-hydroxylation sites is 1. The van der Waals surface area contributed by atoms with Crippen LogP contribution in [0.1, 0.15) is 28.5 Å². The largest absolute Gasteiger partial charge is 0.348 e. The first-order valence-electron chi connectivity index (χ1n) is 9.25. The molecule has 1 amide bonds. The van der Waals surface area contributed by atoms with Crippen LogP contribution in [0, 0.1) is 0 Å². The van der Waals surface area contributed by atoms with Gasteiger partial charge in [-0.25, -0.2) is 0 Å². The predicted octanol–water partition coefficient (Wildman–Crippen LogP) is 3.52. The van der Waals surface area contributed by atoms with E-state index in [1.54, 1.807) is 17.1 Å². The van der Waals surface area contributed by atoms with E-state index in [1.807, 2.05) is 55.7 Å².